The van der Waals surface area contributed by atoms with E-state index in [0.717, 1.165) is 38.6 Å². The van der Waals surface area contributed by atoms with Gasteiger partial charge in [-0.1, -0.05) is 12.1 Å². The predicted octanol–water partition coefficient (Wildman–Crippen LogP) is 2.24. The van der Waals surface area contributed by atoms with Crippen LogP contribution in [0.4, 0.5) is 5.69 Å². The third-order valence-electron chi connectivity index (χ3n) is 4.81. The first-order valence-electron chi connectivity index (χ1n) is 7.87. The molecule has 1 aromatic carbocycles. The Morgan fingerprint density at radius 2 is 1.90 bits per heavy atom. The SMILES string of the molecule is Cc1cccc(N2CCN(CC(C)(N)C3CC3)CC2)c1. The van der Waals surface area contributed by atoms with Gasteiger partial charge in [-0.2, -0.15) is 0 Å². The maximum atomic E-state index is 6.46. The van der Waals surface area contributed by atoms with Crippen LogP contribution in [0.15, 0.2) is 24.3 Å². The van der Waals surface area contributed by atoms with Crippen LogP contribution in [0.1, 0.15) is 25.3 Å². The first-order chi connectivity index (χ1) is 9.54. The van der Waals surface area contributed by atoms with Crippen molar-refractivity contribution in [2.75, 3.05) is 37.6 Å². The van der Waals surface area contributed by atoms with Crippen LogP contribution in [-0.4, -0.2) is 43.2 Å². The maximum Gasteiger partial charge on any atom is 0.0369 e. The van der Waals surface area contributed by atoms with E-state index < -0.39 is 0 Å². The highest BCUT2D eigenvalue weighted by atomic mass is 15.3. The molecule has 1 saturated heterocycles. The molecule has 0 aromatic heterocycles. The number of hydrogen-bond acceptors (Lipinski definition) is 3. The predicted molar refractivity (Wildman–Crippen MR) is 85.1 cm³/mol. The zero-order valence-corrected chi connectivity index (χ0v) is 12.8. The van der Waals surface area contributed by atoms with Crippen LogP contribution >= 0.6 is 0 Å². The van der Waals surface area contributed by atoms with Gasteiger partial charge in [0, 0.05) is 44.0 Å². The molecule has 1 aliphatic carbocycles. The van der Waals surface area contributed by atoms with Crippen molar-refractivity contribution in [1.82, 2.24) is 4.90 Å². The molecule has 1 heterocycles. The van der Waals surface area contributed by atoms with E-state index >= 15 is 0 Å². The average Bonchev–Trinajstić information content (AvgIpc) is 3.24. The number of rotatable bonds is 4. The zero-order chi connectivity index (χ0) is 14.2. The van der Waals surface area contributed by atoms with E-state index in [4.69, 9.17) is 5.73 Å². The third kappa shape index (κ3) is 3.15. The summed E-state index contributed by atoms with van der Waals surface area (Å²) in [5.74, 6) is 0.761. The first kappa shape index (κ1) is 13.9. The van der Waals surface area contributed by atoms with E-state index in [0.29, 0.717) is 0 Å². The minimum absolute atomic E-state index is 0.0194. The van der Waals surface area contributed by atoms with Crippen LogP contribution in [0.2, 0.25) is 0 Å². The van der Waals surface area contributed by atoms with E-state index in [1.165, 1.54) is 24.1 Å². The Morgan fingerprint density at radius 3 is 2.50 bits per heavy atom. The molecule has 0 bridgehead atoms. The van der Waals surface area contributed by atoms with Gasteiger partial charge in [0.15, 0.2) is 0 Å². The minimum Gasteiger partial charge on any atom is -0.369 e. The van der Waals surface area contributed by atoms with Crippen molar-refractivity contribution in [3.05, 3.63) is 29.8 Å². The molecule has 1 aliphatic heterocycles. The lowest BCUT2D eigenvalue weighted by Gasteiger charge is -2.40. The zero-order valence-electron chi connectivity index (χ0n) is 12.8. The summed E-state index contributed by atoms with van der Waals surface area (Å²) in [5.41, 5.74) is 9.19. The fourth-order valence-electron chi connectivity index (χ4n) is 3.34. The quantitative estimate of drug-likeness (QED) is 0.913. The van der Waals surface area contributed by atoms with E-state index in [1.54, 1.807) is 0 Å². The van der Waals surface area contributed by atoms with Crippen LogP contribution < -0.4 is 10.6 Å². The summed E-state index contributed by atoms with van der Waals surface area (Å²) in [6.07, 6.45) is 2.66. The summed E-state index contributed by atoms with van der Waals surface area (Å²) in [6, 6.07) is 8.82. The number of nitrogens with zero attached hydrogens (tertiary/aromatic N) is 2. The fourth-order valence-corrected chi connectivity index (χ4v) is 3.34. The van der Waals surface area contributed by atoms with Gasteiger partial charge in [-0.05, 0) is 50.3 Å². The molecular formula is C17H27N3. The molecule has 1 atom stereocenters. The van der Waals surface area contributed by atoms with Crippen LogP contribution in [0.5, 0.6) is 0 Å². The molecule has 0 radical (unpaired) electrons. The lowest BCUT2D eigenvalue weighted by molar-refractivity contribution is 0.193. The van der Waals surface area contributed by atoms with Gasteiger partial charge in [0.2, 0.25) is 0 Å². The molecule has 1 aromatic rings. The molecule has 1 saturated carbocycles. The summed E-state index contributed by atoms with van der Waals surface area (Å²) in [5, 5.41) is 0. The highest BCUT2D eigenvalue weighted by Gasteiger charge is 2.39. The molecule has 0 spiro atoms. The van der Waals surface area contributed by atoms with Gasteiger partial charge in [0.25, 0.3) is 0 Å². The van der Waals surface area contributed by atoms with Gasteiger partial charge in [-0.25, -0.2) is 0 Å². The van der Waals surface area contributed by atoms with Crippen molar-refractivity contribution in [2.45, 2.75) is 32.2 Å². The summed E-state index contributed by atoms with van der Waals surface area (Å²) in [4.78, 5) is 5.04. The normalized spacial score (nSPS) is 23.6. The lowest BCUT2D eigenvalue weighted by Crippen LogP contribution is -2.55. The minimum atomic E-state index is 0.0194. The van der Waals surface area contributed by atoms with Crippen LogP contribution in [0.25, 0.3) is 0 Å². The molecule has 2 fully saturated rings. The first-order valence-corrected chi connectivity index (χ1v) is 7.87. The molecule has 110 valence electrons. The fraction of sp³-hybridized carbons (Fsp3) is 0.647. The van der Waals surface area contributed by atoms with Gasteiger partial charge < -0.3 is 10.6 Å². The maximum absolute atomic E-state index is 6.46. The van der Waals surface area contributed by atoms with Crippen molar-refractivity contribution in [1.29, 1.82) is 0 Å². The van der Waals surface area contributed by atoms with Crippen LogP contribution in [0.3, 0.4) is 0 Å². The smallest absolute Gasteiger partial charge is 0.0369 e. The topological polar surface area (TPSA) is 32.5 Å². The number of aryl methyl sites for hydroxylation is 1. The molecular weight excluding hydrogens is 246 g/mol. The molecule has 2 N–H and O–H groups in total. The molecule has 1 unspecified atom stereocenters. The Hall–Kier alpha value is -1.06. The Balaban J connectivity index is 1.54. The van der Waals surface area contributed by atoms with Crippen molar-refractivity contribution < 1.29 is 0 Å². The molecule has 20 heavy (non-hydrogen) atoms. The van der Waals surface area contributed by atoms with Crippen molar-refractivity contribution >= 4 is 5.69 Å². The Bertz CT molecular complexity index is 457. The largest absolute Gasteiger partial charge is 0.369 e. The molecule has 3 heteroatoms. The Kier molecular flexibility index (Phi) is 3.74. The number of anilines is 1. The van der Waals surface area contributed by atoms with E-state index in [9.17, 15) is 0 Å². The van der Waals surface area contributed by atoms with E-state index in [1.807, 2.05) is 0 Å². The van der Waals surface area contributed by atoms with E-state index in [2.05, 4.69) is 47.9 Å². The molecule has 3 rings (SSSR count). The third-order valence-corrected chi connectivity index (χ3v) is 4.81. The number of benzene rings is 1. The summed E-state index contributed by atoms with van der Waals surface area (Å²) < 4.78 is 0. The Labute approximate surface area is 122 Å². The van der Waals surface area contributed by atoms with Crippen LogP contribution in [-0.2, 0) is 0 Å². The highest BCUT2D eigenvalue weighted by molar-refractivity contribution is 5.48. The summed E-state index contributed by atoms with van der Waals surface area (Å²) >= 11 is 0. The second kappa shape index (κ2) is 5.38. The van der Waals surface area contributed by atoms with Gasteiger partial charge in [0.1, 0.15) is 0 Å². The molecule has 0 amide bonds. The number of piperazine rings is 1. The second-order valence-corrected chi connectivity index (χ2v) is 6.88. The van der Waals surface area contributed by atoms with Gasteiger partial charge in [-0.15, -0.1) is 0 Å². The van der Waals surface area contributed by atoms with Gasteiger partial charge in [0.05, 0.1) is 0 Å². The number of hydrogen-bond donors (Lipinski definition) is 1. The van der Waals surface area contributed by atoms with Crippen LogP contribution in [0, 0.1) is 12.8 Å². The second-order valence-electron chi connectivity index (χ2n) is 6.88. The number of nitrogens with two attached hydrogens (primary N) is 1. The summed E-state index contributed by atoms with van der Waals surface area (Å²) in [7, 11) is 0. The standard InChI is InChI=1S/C17H27N3/c1-14-4-3-5-16(12-14)20-10-8-19(9-11-20)13-17(2,18)15-6-7-15/h3-5,12,15H,6-11,13,18H2,1-2H3. The Morgan fingerprint density at radius 1 is 1.20 bits per heavy atom. The highest BCUT2D eigenvalue weighted by Crippen LogP contribution is 2.38. The van der Waals surface area contributed by atoms with Crippen molar-refractivity contribution in [3.63, 3.8) is 0 Å². The lowest BCUT2D eigenvalue weighted by atomic mass is 9.96. The van der Waals surface area contributed by atoms with Crippen molar-refractivity contribution in [2.24, 2.45) is 11.7 Å². The average molecular weight is 273 g/mol. The van der Waals surface area contributed by atoms with E-state index in [-0.39, 0.29) is 5.54 Å². The summed E-state index contributed by atoms with van der Waals surface area (Å²) in [6.45, 7) is 9.95. The monoisotopic (exact) mass is 273 g/mol. The van der Waals surface area contributed by atoms with Gasteiger partial charge >= 0.3 is 0 Å². The molecule has 2 aliphatic rings. The molecule has 3 nitrogen and oxygen atoms in total. The van der Waals surface area contributed by atoms with Crippen molar-refractivity contribution in [3.8, 4) is 0 Å². The van der Waals surface area contributed by atoms with Gasteiger partial charge in [-0.3, -0.25) is 4.90 Å².